The summed E-state index contributed by atoms with van der Waals surface area (Å²) in [5.74, 6) is 1.58. The highest BCUT2D eigenvalue weighted by Gasteiger charge is 2.25. The zero-order valence-corrected chi connectivity index (χ0v) is 12.7. The molecule has 1 aromatic rings. The summed E-state index contributed by atoms with van der Waals surface area (Å²) in [5, 5.41) is 2.99. The molecule has 1 aliphatic carbocycles. The number of nitrogens with two attached hydrogens (primary N) is 1. The van der Waals surface area contributed by atoms with Crippen molar-refractivity contribution in [2.24, 2.45) is 11.7 Å². The second-order valence-electron chi connectivity index (χ2n) is 5.52. The number of amides is 1. The van der Waals surface area contributed by atoms with Crippen molar-refractivity contribution in [2.45, 2.75) is 38.3 Å². The third-order valence-electron chi connectivity index (χ3n) is 4.03. The van der Waals surface area contributed by atoms with Gasteiger partial charge in [-0.2, -0.15) is 0 Å². The van der Waals surface area contributed by atoms with Crippen molar-refractivity contribution in [3.63, 3.8) is 0 Å². The van der Waals surface area contributed by atoms with Gasteiger partial charge in [-0.3, -0.25) is 4.79 Å². The first-order valence-corrected chi connectivity index (χ1v) is 7.38. The number of hydrogen-bond donors (Lipinski definition) is 2. The lowest BCUT2D eigenvalue weighted by Gasteiger charge is -2.25. The molecule has 0 saturated heterocycles. The molecule has 1 amide bonds. The molecule has 3 N–H and O–H groups in total. The van der Waals surface area contributed by atoms with Crippen molar-refractivity contribution < 1.29 is 14.3 Å². The Morgan fingerprint density at radius 1 is 1.33 bits per heavy atom. The standard InChI is InChI=1S/C16H24N2O3/c1-20-14-7-6-12(15(9-14)21-2)10-18-16(19)11-4-3-5-13(17)8-11/h6-7,9,11,13H,3-5,8,10,17H2,1-2H3,(H,18,19). The second kappa shape index (κ2) is 7.31. The van der Waals surface area contributed by atoms with Crippen LogP contribution in [0.15, 0.2) is 18.2 Å². The summed E-state index contributed by atoms with van der Waals surface area (Å²) in [7, 11) is 3.22. The molecule has 1 fully saturated rings. The minimum atomic E-state index is 0.0398. The number of carbonyl (C=O) groups excluding carboxylic acids is 1. The highest BCUT2D eigenvalue weighted by Crippen LogP contribution is 2.26. The number of ether oxygens (including phenoxy) is 2. The van der Waals surface area contributed by atoms with E-state index in [0.717, 1.165) is 42.7 Å². The van der Waals surface area contributed by atoms with Crippen molar-refractivity contribution in [2.75, 3.05) is 14.2 Å². The normalized spacial score (nSPS) is 21.7. The Morgan fingerprint density at radius 2 is 2.14 bits per heavy atom. The van der Waals surface area contributed by atoms with Crippen LogP contribution in [0.5, 0.6) is 11.5 Å². The highest BCUT2D eigenvalue weighted by atomic mass is 16.5. The van der Waals surface area contributed by atoms with Crippen LogP contribution in [-0.4, -0.2) is 26.2 Å². The quantitative estimate of drug-likeness (QED) is 0.868. The molecule has 1 aliphatic rings. The predicted octanol–water partition coefficient (Wildman–Crippen LogP) is 1.84. The van der Waals surface area contributed by atoms with Crippen LogP contribution in [-0.2, 0) is 11.3 Å². The van der Waals surface area contributed by atoms with Gasteiger partial charge >= 0.3 is 0 Å². The van der Waals surface area contributed by atoms with E-state index in [2.05, 4.69) is 5.32 Å². The zero-order valence-electron chi connectivity index (χ0n) is 12.7. The number of benzene rings is 1. The van der Waals surface area contributed by atoms with Crippen LogP contribution in [0.25, 0.3) is 0 Å². The van der Waals surface area contributed by atoms with E-state index in [1.54, 1.807) is 14.2 Å². The van der Waals surface area contributed by atoms with E-state index in [-0.39, 0.29) is 17.9 Å². The molecule has 0 bridgehead atoms. The molecule has 1 saturated carbocycles. The summed E-state index contributed by atoms with van der Waals surface area (Å²) in [6.45, 7) is 0.456. The van der Waals surface area contributed by atoms with Crippen LogP contribution in [0, 0.1) is 5.92 Å². The SMILES string of the molecule is COc1ccc(CNC(=O)C2CCCC(N)C2)c(OC)c1. The molecule has 0 spiro atoms. The van der Waals surface area contributed by atoms with Crippen LogP contribution in [0.3, 0.4) is 0 Å². The van der Waals surface area contributed by atoms with E-state index in [0.29, 0.717) is 6.54 Å². The summed E-state index contributed by atoms with van der Waals surface area (Å²) in [4.78, 5) is 12.2. The van der Waals surface area contributed by atoms with Crippen LogP contribution < -0.4 is 20.5 Å². The number of methoxy groups -OCH3 is 2. The average molecular weight is 292 g/mol. The molecular formula is C16H24N2O3. The summed E-state index contributed by atoms with van der Waals surface area (Å²) in [5.41, 5.74) is 6.87. The first-order chi connectivity index (χ1) is 10.1. The van der Waals surface area contributed by atoms with Crippen molar-refractivity contribution >= 4 is 5.91 Å². The fourth-order valence-electron chi connectivity index (χ4n) is 2.79. The maximum atomic E-state index is 12.2. The number of rotatable bonds is 5. The summed E-state index contributed by atoms with van der Waals surface area (Å²) in [6, 6.07) is 5.74. The Kier molecular flexibility index (Phi) is 5.44. The van der Waals surface area contributed by atoms with Gasteiger partial charge in [0.15, 0.2) is 0 Å². The van der Waals surface area contributed by atoms with E-state index < -0.39 is 0 Å². The molecule has 5 nitrogen and oxygen atoms in total. The minimum absolute atomic E-state index is 0.0398. The first-order valence-electron chi connectivity index (χ1n) is 7.38. The lowest BCUT2D eigenvalue weighted by molar-refractivity contribution is -0.126. The van der Waals surface area contributed by atoms with E-state index >= 15 is 0 Å². The predicted molar refractivity (Wildman–Crippen MR) is 81.3 cm³/mol. The molecule has 2 rings (SSSR count). The zero-order chi connectivity index (χ0) is 15.2. The fourth-order valence-corrected chi connectivity index (χ4v) is 2.79. The Labute approximate surface area is 125 Å². The second-order valence-corrected chi connectivity index (χ2v) is 5.52. The largest absolute Gasteiger partial charge is 0.497 e. The first kappa shape index (κ1) is 15.6. The molecule has 21 heavy (non-hydrogen) atoms. The van der Waals surface area contributed by atoms with Gasteiger partial charge in [0.25, 0.3) is 0 Å². The third-order valence-corrected chi connectivity index (χ3v) is 4.03. The smallest absolute Gasteiger partial charge is 0.223 e. The van der Waals surface area contributed by atoms with Gasteiger partial charge in [0.05, 0.1) is 14.2 Å². The van der Waals surface area contributed by atoms with Gasteiger partial charge in [0, 0.05) is 30.1 Å². The van der Waals surface area contributed by atoms with Gasteiger partial charge in [-0.15, -0.1) is 0 Å². The van der Waals surface area contributed by atoms with Gasteiger partial charge in [0.1, 0.15) is 11.5 Å². The molecule has 5 heteroatoms. The molecule has 2 atom stereocenters. The van der Waals surface area contributed by atoms with Gasteiger partial charge in [-0.1, -0.05) is 6.42 Å². The van der Waals surface area contributed by atoms with Crippen LogP contribution in [0.2, 0.25) is 0 Å². The maximum Gasteiger partial charge on any atom is 0.223 e. The van der Waals surface area contributed by atoms with Gasteiger partial charge < -0.3 is 20.5 Å². The van der Waals surface area contributed by atoms with Crippen LogP contribution in [0.1, 0.15) is 31.2 Å². The molecule has 2 unspecified atom stereocenters. The molecule has 0 radical (unpaired) electrons. The average Bonchev–Trinajstić information content (AvgIpc) is 2.52. The van der Waals surface area contributed by atoms with Crippen LogP contribution in [0.4, 0.5) is 0 Å². The summed E-state index contributed by atoms with van der Waals surface area (Å²) < 4.78 is 10.5. The lowest BCUT2D eigenvalue weighted by Crippen LogP contribution is -2.37. The Hall–Kier alpha value is -1.75. The van der Waals surface area contributed by atoms with Gasteiger partial charge in [-0.05, 0) is 31.4 Å². The Morgan fingerprint density at radius 3 is 2.81 bits per heavy atom. The Balaban J connectivity index is 1.94. The lowest BCUT2D eigenvalue weighted by atomic mass is 9.85. The van der Waals surface area contributed by atoms with E-state index in [4.69, 9.17) is 15.2 Å². The number of nitrogens with one attached hydrogen (secondary N) is 1. The molecule has 0 heterocycles. The van der Waals surface area contributed by atoms with E-state index in [9.17, 15) is 4.79 Å². The molecule has 0 aromatic heterocycles. The maximum absolute atomic E-state index is 12.2. The summed E-state index contributed by atoms with van der Waals surface area (Å²) in [6.07, 6.45) is 3.77. The van der Waals surface area contributed by atoms with Crippen molar-refractivity contribution in [3.8, 4) is 11.5 Å². The minimum Gasteiger partial charge on any atom is -0.497 e. The van der Waals surface area contributed by atoms with Gasteiger partial charge in [-0.25, -0.2) is 0 Å². The monoisotopic (exact) mass is 292 g/mol. The van der Waals surface area contributed by atoms with Crippen molar-refractivity contribution in [1.29, 1.82) is 0 Å². The molecule has 1 aromatic carbocycles. The van der Waals surface area contributed by atoms with Crippen molar-refractivity contribution in [1.82, 2.24) is 5.32 Å². The molecular weight excluding hydrogens is 268 g/mol. The van der Waals surface area contributed by atoms with E-state index in [1.165, 1.54) is 0 Å². The van der Waals surface area contributed by atoms with Crippen molar-refractivity contribution in [3.05, 3.63) is 23.8 Å². The molecule has 116 valence electrons. The summed E-state index contributed by atoms with van der Waals surface area (Å²) >= 11 is 0. The topological polar surface area (TPSA) is 73.6 Å². The van der Waals surface area contributed by atoms with Gasteiger partial charge in [0.2, 0.25) is 5.91 Å². The molecule has 0 aliphatic heterocycles. The third kappa shape index (κ3) is 4.11. The Bertz CT molecular complexity index is 490. The fraction of sp³-hybridized carbons (Fsp3) is 0.562. The number of carbonyl (C=O) groups is 1. The van der Waals surface area contributed by atoms with Crippen LogP contribution >= 0.6 is 0 Å². The number of hydrogen-bond acceptors (Lipinski definition) is 4. The highest BCUT2D eigenvalue weighted by molar-refractivity contribution is 5.78. The van der Waals surface area contributed by atoms with E-state index in [1.807, 2.05) is 18.2 Å².